The third-order valence-corrected chi connectivity index (χ3v) is 5.14. The van der Waals surface area contributed by atoms with Crippen LogP contribution in [0, 0.1) is 0 Å². The van der Waals surface area contributed by atoms with Crippen molar-refractivity contribution in [1.29, 1.82) is 0 Å². The van der Waals surface area contributed by atoms with Crippen molar-refractivity contribution in [2.45, 2.75) is 32.6 Å². The lowest BCUT2D eigenvalue weighted by Gasteiger charge is -2.26. The van der Waals surface area contributed by atoms with Crippen molar-refractivity contribution >= 4 is 52.6 Å². The van der Waals surface area contributed by atoms with E-state index in [0.29, 0.717) is 0 Å². The van der Waals surface area contributed by atoms with E-state index in [9.17, 15) is 32.3 Å². The van der Waals surface area contributed by atoms with Crippen LogP contribution in [0.5, 0.6) is 0 Å². The van der Waals surface area contributed by atoms with Crippen LogP contribution in [0.4, 0.5) is 35.0 Å². The van der Waals surface area contributed by atoms with Crippen LogP contribution in [0.25, 0.3) is 0 Å². The fourth-order valence-corrected chi connectivity index (χ4v) is 3.28. The number of amides is 2. The van der Waals surface area contributed by atoms with Crippen molar-refractivity contribution in [2.24, 2.45) is 10.2 Å². The molecule has 216 valence electrons. The molecule has 0 bridgehead atoms. The van der Waals surface area contributed by atoms with Gasteiger partial charge in [-0.1, -0.05) is 18.2 Å². The van der Waals surface area contributed by atoms with E-state index in [-0.39, 0.29) is 36.9 Å². The standard InChI is InChI=1S/C25H26ClF3N4O7/c1-4-38-21(35)24(22(36)39-5-2,30-20(34)15-26)32-31-18-12-7-8-13-19(18)33(23(37)40-6-3)17-11-9-10-16(14-17)25(27,28)29/h7-14H,4-6,15H2,1-3H3,(H,30,34). The number of nitrogens with zero attached hydrogens (tertiary/aromatic N) is 3. The van der Waals surface area contributed by atoms with Crippen LogP contribution in [0.2, 0.25) is 0 Å². The van der Waals surface area contributed by atoms with Gasteiger partial charge in [0.25, 0.3) is 0 Å². The number of hydrogen-bond donors (Lipinski definition) is 1. The number of rotatable bonds is 11. The fourth-order valence-electron chi connectivity index (χ4n) is 3.22. The topological polar surface area (TPSA) is 136 Å². The number of benzene rings is 2. The molecule has 0 spiro atoms. The first-order valence-electron chi connectivity index (χ1n) is 11.8. The van der Waals surface area contributed by atoms with Gasteiger partial charge in [0, 0.05) is 0 Å². The summed E-state index contributed by atoms with van der Waals surface area (Å²) in [5.74, 6) is -4.34. The highest BCUT2D eigenvalue weighted by atomic mass is 35.5. The van der Waals surface area contributed by atoms with E-state index in [1.54, 1.807) is 0 Å². The molecule has 0 saturated carbocycles. The Balaban J connectivity index is 2.76. The number of nitrogens with one attached hydrogen (secondary N) is 1. The van der Waals surface area contributed by atoms with E-state index < -0.39 is 47.2 Å². The molecule has 0 aromatic heterocycles. The van der Waals surface area contributed by atoms with Gasteiger partial charge in [0.2, 0.25) is 5.91 Å². The molecule has 0 fully saturated rings. The molecule has 0 radical (unpaired) electrons. The molecule has 0 aliphatic heterocycles. The van der Waals surface area contributed by atoms with E-state index in [1.807, 2.05) is 0 Å². The van der Waals surface area contributed by atoms with E-state index in [1.165, 1.54) is 51.1 Å². The molecule has 11 nitrogen and oxygen atoms in total. The van der Waals surface area contributed by atoms with Gasteiger partial charge in [-0.25, -0.2) is 19.3 Å². The van der Waals surface area contributed by atoms with Crippen LogP contribution in [0.15, 0.2) is 58.8 Å². The Hall–Kier alpha value is -4.20. The number of alkyl halides is 4. The maximum atomic E-state index is 13.4. The first-order valence-corrected chi connectivity index (χ1v) is 12.4. The Labute approximate surface area is 232 Å². The third kappa shape index (κ3) is 7.68. The zero-order chi connectivity index (χ0) is 29.9. The van der Waals surface area contributed by atoms with Crippen molar-refractivity contribution in [3.63, 3.8) is 0 Å². The number of azo groups is 1. The van der Waals surface area contributed by atoms with Crippen molar-refractivity contribution < 1.29 is 46.6 Å². The van der Waals surface area contributed by atoms with Gasteiger partial charge >= 0.3 is 29.9 Å². The molecule has 0 aliphatic rings. The summed E-state index contributed by atoms with van der Waals surface area (Å²) in [7, 11) is 0. The molecule has 2 rings (SSSR count). The molecule has 1 N–H and O–H groups in total. The van der Waals surface area contributed by atoms with Gasteiger partial charge in [0.1, 0.15) is 11.6 Å². The summed E-state index contributed by atoms with van der Waals surface area (Å²) in [4.78, 5) is 51.7. The number of anilines is 2. The summed E-state index contributed by atoms with van der Waals surface area (Å²) in [6.07, 6.45) is -5.77. The van der Waals surface area contributed by atoms with Gasteiger partial charge in [0.15, 0.2) is 0 Å². The van der Waals surface area contributed by atoms with Gasteiger partial charge in [-0.15, -0.1) is 16.7 Å². The maximum Gasteiger partial charge on any atom is 0.419 e. The van der Waals surface area contributed by atoms with Crippen LogP contribution in [-0.2, 0) is 34.8 Å². The second-order valence-electron chi connectivity index (χ2n) is 7.60. The summed E-state index contributed by atoms with van der Waals surface area (Å²) in [6, 6.07) is 9.40. The van der Waals surface area contributed by atoms with Crippen molar-refractivity contribution in [3.05, 3.63) is 54.1 Å². The minimum atomic E-state index is -4.71. The first-order chi connectivity index (χ1) is 18.9. The van der Waals surface area contributed by atoms with Gasteiger partial charge in [-0.3, -0.25) is 4.79 Å². The number of esters is 2. The molecule has 2 amide bonds. The predicted octanol–water partition coefficient (Wildman–Crippen LogP) is 5.26. The third-order valence-electron chi connectivity index (χ3n) is 4.90. The van der Waals surface area contributed by atoms with Crippen LogP contribution in [0.1, 0.15) is 26.3 Å². The van der Waals surface area contributed by atoms with Crippen LogP contribution < -0.4 is 10.2 Å². The zero-order valence-corrected chi connectivity index (χ0v) is 22.4. The monoisotopic (exact) mass is 586 g/mol. The molecule has 2 aromatic rings. The van der Waals surface area contributed by atoms with Gasteiger partial charge in [-0.2, -0.15) is 18.3 Å². The molecule has 0 heterocycles. The van der Waals surface area contributed by atoms with E-state index >= 15 is 0 Å². The van der Waals surface area contributed by atoms with Gasteiger partial charge in [-0.05, 0) is 51.1 Å². The highest BCUT2D eigenvalue weighted by molar-refractivity contribution is 6.28. The predicted molar refractivity (Wildman–Crippen MR) is 136 cm³/mol. The number of para-hydroxylation sites is 1. The number of carbonyl (C=O) groups excluding carboxylic acids is 4. The number of hydrogen-bond acceptors (Lipinski definition) is 9. The minimum absolute atomic E-state index is 0.114. The summed E-state index contributed by atoms with van der Waals surface area (Å²) in [6.45, 7) is 3.84. The Kier molecular flexibility index (Phi) is 11.4. The van der Waals surface area contributed by atoms with E-state index in [2.05, 4.69) is 15.5 Å². The Morgan fingerprint density at radius 1 is 0.900 bits per heavy atom. The van der Waals surface area contributed by atoms with Crippen LogP contribution in [-0.4, -0.2) is 55.3 Å². The second-order valence-corrected chi connectivity index (χ2v) is 7.87. The highest BCUT2D eigenvalue weighted by Crippen LogP contribution is 2.38. The Morgan fingerprint density at radius 2 is 1.50 bits per heavy atom. The summed E-state index contributed by atoms with van der Waals surface area (Å²) < 4.78 is 55.2. The summed E-state index contributed by atoms with van der Waals surface area (Å²) >= 11 is 5.56. The Bertz CT molecular complexity index is 1240. The van der Waals surface area contributed by atoms with Crippen molar-refractivity contribution in [2.75, 3.05) is 30.6 Å². The average Bonchev–Trinajstić information content (AvgIpc) is 2.91. The minimum Gasteiger partial charge on any atom is -0.462 e. The second kappa shape index (κ2) is 14.3. The highest BCUT2D eigenvalue weighted by Gasteiger charge is 2.52. The lowest BCUT2D eigenvalue weighted by molar-refractivity contribution is -0.167. The van der Waals surface area contributed by atoms with Crippen molar-refractivity contribution in [1.82, 2.24) is 5.32 Å². The molecule has 15 heteroatoms. The molecule has 2 aromatic carbocycles. The Morgan fingerprint density at radius 3 is 2.05 bits per heavy atom. The quantitative estimate of drug-likeness (QED) is 0.125. The molecule has 0 unspecified atom stereocenters. The molecular formula is C25H26ClF3N4O7. The smallest absolute Gasteiger partial charge is 0.419 e. The lowest BCUT2D eigenvalue weighted by atomic mass is 10.1. The SMILES string of the molecule is CCOC(=O)N(c1cccc(C(F)(F)F)c1)c1ccccc1N=NC(NC(=O)CCl)(C(=O)OCC)C(=O)OCC. The van der Waals surface area contributed by atoms with E-state index in [4.69, 9.17) is 25.8 Å². The number of halogens is 4. The van der Waals surface area contributed by atoms with Gasteiger partial charge in [0.05, 0.1) is 36.8 Å². The molecule has 0 aliphatic carbocycles. The number of ether oxygens (including phenoxy) is 3. The normalized spacial score (nSPS) is 11.6. The van der Waals surface area contributed by atoms with Crippen LogP contribution in [0.3, 0.4) is 0 Å². The van der Waals surface area contributed by atoms with Gasteiger partial charge < -0.3 is 19.5 Å². The summed E-state index contributed by atoms with van der Waals surface area (Å²) in [5, 5.41) is 9.76. The zero-order valence-electron chi connectivity index (χ0n) is 21.7. The number of carbonyl (C=O) groups is 4. The van der Waals surface area contributed by atoms with E-state index in [0.717, 1.165) is 23.1 Å². The van der Waals surface area contributed by atoms with Crippen LogP contribution >= 0.6 is 11.6 Å². The molecular weight excluding hydrogens is 561 g/mol. The molecule has 40 heavy (non-hydrogen) atoms. The average molecular weight is 587 g/mol. The summed E-state index contributed by atoms with van der Waals surface area (Å²) in [5.41, 5.74) is -4.42. The van der Waals surface area contributed by atoms with Crippen molar-refractivity contribution in [3.8, 4) is 0 Å². The first kappa shape index (κ1) is 32.0. The maximum absolute atomic E-state index is 13.4. The largest absolute Gasteiger partial charge is 0.462 e. The molecule has 0 saturated heterocycles. The fraction of sp³-hybridized carbons (Fsp3) is 0.360. The molecule has 0 atom stereocenters. The lowest BCUT2D eigenvalue weighted by Crippen LogP contribution is -2.60.